The normalized spacial score (nSPS) is 12.2. The summed E-state index contributed by atoms with van der Waals surface area (Å²) in [6, 6.07) is 8.32. The van der Waals surface area contributed by atoms with Crippen LogP contribution in [-0.2, 0) is 11.2 Å². The predicted octanol–water partition coefficient (Wildman–Crippen LogP) is 1.00. The predicted molar refractivity (Wildman–Crippen MR) is 61.5 cm³/mol. The Bertz CT molecular complexity index is 336. The highest BCUT2D eigenvalue weighted by atomic mass is 16.1. The van der Waals surface area contributed by atoms with Crippen LogP contribution in [0.1, 0.15) is 18.1 Å². The van der Waals surface area contributed by atoms with Gasteiger partial charge >= 0.3 is 0 Å². The van der Waals surface area contributed by atoms with E-state index in [0.717, 1.165) is 6.42 Å². The first-order chi connectivity index (χ1) is 7.13. The highest BCUT2D eigenvalue weighted by molar-refractivity contribution is 5.78. The molecule has 1 rings (SSSR count). The van der Waals surface area contributed by atoms with Crippen molar-refractivity contribution in [2.45, 2.75) is 26.3 Å². The zero-order chi connectivity index (χ0) is 11.3. The molecule has 82 valence electrons. The minimum atomic E-state index is -0.101. The first kappa shape index (κ1) is 11.7. The lowest BCUT2D eigenvalue weighted by atomic mass is 10.0. The molecule has 0 saturated carbocycles. The highest BCUT2D eigenvalue weighted by Gasteiger charge is 2.07. The molecule has 1 amide bonds. The lowest BCUT2D eigenvalue weighted by Crippen LogP contribution is -2.38. The van der Waals surface area contributed by atoms with Crippen LogP contribution in [0.5, 0.6) is 0 Å². The molecule has 0 aromatic heterocycles. The average Bonchev–Trinajstić information content (AvgIpc) is 2.21. The Morgan fingerprint density at radius 2 is 2.13 bits per heavy atom. The van der Waals surface area contributed by atoms with Crippen molar-refractivity contribution in [2.24, 2.45) is 5.73 Å². The summed E-state index contributed by atoms with van der Waals surface area (Å²) in [5, 5.41) is 2.84. The molecule has 0 heterocycles. The number of hydrogen-bond donors (Lipinski definition) is 2. The van der Waals surface area contributed by atoms with Crippen molar-refractivity contribution in [1.82, 2.24) is 5.32 Å². The number of benzene rings is 1. The fourth-order valence-electron chi connectivity index (χ4n) is 1.55. The second-order valence-corrected chi connectivity index (χ2v) is 3.80. The number of hydrogen-bond acceptors (Lipinski definition) is 2. The molecule has 0 radical (unpaired) electrons. The van der Waals surface area contributed by atoms with E-state index < -0.39 is 0 Å². The summed E-state index contributed by atoms with van der Waals surface area (Å²) in [5.41, 5.74) is 7.75. The van der Waals surface area contributed by atoms with Crippen LogP contribution in [0.3, 0.4) is 0 Å². The first-order valence-electron chi connectivity index (χ1n) is 5.17. The smallest absolute Gasteiger partial charge is 0.233 e. The van der Waals surface area contributed by atoms with Gasteiger partial charge in [-0.2, -0.15) is 0 Å². The molecule has 1 atom stereocenters. The van der Waals surface area contributed by atoms with Crippen LogP contribution < -0.4 is 11.1 Å². The van der Waals surface area contributed by atoms with Gasteiger partial charge < -0.3 is 11.1 Å². The van der Waals surface area contributed by atoms with Gasteiger partial charge in [-0.15, -0.1) is 0 Å². The molecule has 0 bridgehead atoms. The second-order valence-electron chi connectivity index (χ2n) is 3.80. The topological polar surface area (TPSA) is 55.1 Å². The van der Waals surface area contributed by atoms with Crippen LogP contribution in [0.2, 0.25) is 0 Å². The molecule has 3 N–H and O–H groups in total. The van der Waals surface area contributed by atoms with Gasteiger partial charge in [-0.05, 0) is 31.4 Å². The molecular formula is C12H18N2O. The summed E-state index contributed by atoms with van der Waals surface area (Å²) in [6.07, 6.45) is 0.846. The van der Waals surface area contributed by atoms with E-state index in [9.17, 15) is 4.79 Å². The summed E-state index contributed by atoms with van der Waals surface area (Å²) in [6.45, 7) is 4.12. The van der Waals surface area contributed by atoms with Crippen molar-refractivity contribution in [3.05, 3.63) is 35.4 Å². The van der Waals surface area contributed by atoms with Crippen LogP contribution in [0, 0.1) is 6.92 Å². The van der Waals surface area contributed by atoms with Gasteiger partial charge in [0.1, 0.15) is 0 Å². The third kappa shape index (κ3) is 3.72. The lowest BCUT2D eigenvalue weighted by molar-refractivity contribution is -0.120. The minimum absolute atomic E-state index is 0.0537. The van der Waals surface area contributed by atoms with Crippen LogP contribution >= 0.6 is 0 Å². The maximum Gasteiger partial charge on any atom is 0.233 e. The van der Waals surface area contributed by atoms with Crippen molar-refractivity contribution >= 4 is 5.91 Å². The molecule has 0 aliphatic carbocycles. The molecule has 15 heavy (non-hydrogen) atoms. The molecule has 0 fully saturated rings. The number of amides is 1. The molecule has 0 spiro atoms. The molecule has 3 nitrogen and oxygen atoms in total. The van der Waals surface area contributed by atoms with Crippen LogP contribution in [-0.4, -0.2) is 18.5 Å². The maximum absolute atomic E-state index is 11.1. The summed E-state index contributed by atoms with van der Waals surface area (Å²) < 4.78 is 0. The number of carbonyl (C=O) groups excluding carboxylic acids is 1. The third-order valence-electron chi connectivity index (χ3n) is 2.38. The Balaban J connectivity index is 2.55. The Morgan fingerprint density at radius 3 is 2.73 bits per heavy atom. The zero-order valence-corrected chi connectivity index (χ0v) is 9.29. The minimum Gasteiger partial charge on any atom is -0.352 e. The van der Waals surface area contributed by atoms with Gasteiger partial charge in [-0.1, -0.05) is 24.3 Å². The Labute approximate surface area is 90.7 Å². The molecule has 1 unspecified atom stereocenters. The van der Waals surface area contributed by atoms with Crippen LogP contribution in [0.4, 0.5) is 0 Å². The Morgan fingerprint density at radius 1 is 1.47 bits per heavy atom. The quantitative estimate of drug-likeness (QED) is 0.772. The van der Waals surface area contributed by atoms with Gasteiger partial charge in [0, 0.05) is 6.04 Å². The largest absolute Gasteiger partial charge is 0.352 e. The van der Waals surface area contributed by atoms with Gasteiger partial charge in [-0.25, -0.2) is 0 Å². The number of nitrogens with two attached hydrogens (primary N) is 1. The summed E-state index contributed by atoms with van der Waals surface area (Å²) in [5.74, 6) is -0.101. The summed E-state index contributed by atoms with van der Waals surface area (Å²) in [4.78, 5) is 11.1. The highest BCUT2D eigenvalue weighted by Crippen LogP contribution is 2.09. The van der Waals surface area contributed by atoms with Crippen molar-refractivity contribution in [1.29, 1.82) is 0 Å². The lowest BCUT2D eigenvalue weighted by Gasteiger charge is -2.14. The van der Waals surface area contributed by atoms with Gasteiger partial charge in [0.25, 0.3) is 0 Å². The van der Waals surface area contributed by atoms with Crippen LogP contribution in [0.15, 0.2) is 24.3 Å². The van der Waals surface area contributed by atoms with E-state index >= 15 is 0 Å². The standard InChI is InChI=1S/C12H18N2O/c1-9-5-3-4-6-11(9)7-10(2)14-12(15)8-13/h3-6,10H,7-8,13H2,1-2H3,(H,14,15). The third-order valence-corrected chi connectivity index (χ3v) is 2.38. The van der Waals surface area contributed by atoms with Crippen molar-refractivity contribution in [3.63, 3.8) is 0 Å². The summed E-state index contributed by atoms with van der Waals surface area (Å²) >= 11 is 0. The summed E-state index contributed by atoms with van der Waals surface area (Å²) in [7, 11) is 0. The molecular weight excluding hydrogens is 188 g/mol. The molecule has 1 aromatic rings. The van der Waals surface area contributed by atoms with Gasteiger partial charge in [-0.3, -0.25) is 4.79 Å². The van der Waals surface area contributed by atoms with Crippen LogP contribution in [0.25, 0.3) is 0 Å². The first-order valence-corrected chi connectivity index (χ1v) is 5.17. The van der Waals surface area contributed by atoms with E-state index in [2.05, 4.69) is 24.4 Å². The molecule has 3 heteroatoms. The number of rotatable bonds is 4. The Hall–Kier alpha value is -1.35. The maximum atomic E-state index is 11.1. The molecule has 0 saturated heterocycles. The van der Waals surface area contributed by atoms with Crippen molar-refractivity contribution < 1.29 is 4.79 Å². The Kier molecular flexibility index (Phi) is 4.31. The van der Waals surface area contributed by atoms with Crippen molar-refractivity contribution in [3.8, 4) is 0 Å². The fourth-order valence-corrected chi connectivity index (χ4v) is 1.55. The van der Waals surface area contributed by atoms with Gasteiger partial charge in [0.2, 0.25) is 5.91 Å². The van der Waals surface area contributed by atoms with Crippen molar-refractivity contribution in [2.75, 3.05) is 6.54 Å². The van der Waals surface area contributed by atoms with Gasteiger partial charge in [0.15, 0.2) is 0 Å². The second kappa shape index (κ2) is 5.51. The molecule has 1 aromatic carbocycles. The molecule has 0 aliphatic rings. The zero-order valence-electron chi connectivity index (χ0n) is 9.29. The number of aryl methyl sites for hydroxylation is 1. The van der Waals surface area contributed by atoms with E-state index in [0.29, 0.717) is 0 Å². The van der Waals surface area contributed by atoms with E-state index in [-0.39, 0.29) is 18.5 Å². The van der Waals surface area contributed by atoms with E-state index in [1.165, 1.54) is 11.1 Å². The van der Waals surface area contributed by atoms with E-state index in [1.807, 2.05) is 19.1 Å². The van der Waals surface area contributed by atoms with E-state index in [4.69, 9.17) is 5.73 Å². The van der Waals surface area contributed by atoms with E-state index in [1.54, 1.807) is 0 Å². The SMILES string of the molecule is Cc1ccccc1CC(C)NC(=O)CN. The monoisotopic (exact) mass is 206 g/mol. The molecule has 0 aliphatic heterocycles. The number of carbonyl (C=O) groups is 1. The number of nitrogens with one attached hydrogen (secondary N) is 1. The fraction of sp³-hybridized carbons (Fsp3) is 0.417. The van der Waals surface area contributed by atoms with Gasteiger partial charge in [0.05, 0.1) is 6.54 Å². The average molecular weight is 206 g/mol.